The summed E-state index contributed by atoms with van der Waals surface area (Å²) in [4.78, 5) is 66.6. The molecule has 1 unspecified atom stereocenters. The fourth-order valence-electron chi connectivity index (χ4n) is 6.69. The van der Waals surface area contributed by atoms with Crippen LogP contribution in [0.4, 0.5) is 10.0 Å². The third-order valence-electron chi connectivity index (χ3n) is 9.72. The summed E-state index contributed by atoms with van der Waals surface area (Å²) in [7, 11) is -3.90. The van der Waals surface area contributed by atoms with Gasteiger partial charge in [-0.05, 0) is 101 Å². The number of rotatable bonds is 25. The minimum atomic E-state index is -3.39. The Morgan fingerprint density at radius 3 is 1.65 bits per heavy atom. The minimum Gasteiger partial charge on any atom is -0.477 e. The maximum atomic E-state index is 12.6. The number of anilines is 2. The van der Waals surface area contributed by atoms with Crippen molar-refractivity contribution in [3.63, 3.8) is 0 Å². The molecule has 1 atom stereocenters. The third kappa shape index (κ3) is 18.7. The van der Waals surface area contributed by atoms with Gasteiger partial charge in [0.2, 0.25) is 0 Å². The topological polar surface area (TPSA) is 279 Å². The molecule has 394 valence electrons. The molecule has 0 saturated carbocycles. The molecule has 6 N–H and O–H groups in total. The summed E-state index contributed by atoms with van der Waals surface area (Å²) in [5.74, 6) is 0.894. The number of aromatic carboxylic acids is 1. The van der Waals surface area contributed by atoms with Crippen molar-refractivity contribution in [2.24, 2.45) is 5.73 Å². The number of fused-ring (bicyclic) bond motifs is 2. The summed E-state index contributed by atoms with van der Waals surface area (Å²) in [5, 5.41) is 14.6. The lowest BCUT2D eigenvalue weighted by atomic mass is 10.1. The van der Waals surface area contributed by atoms with Crippen molar-refractivity contribution in [1.82, 2.24) is 25.3 Å². The highest BCUT2D eigenvalue weighted by Crippen LogP contribution is 2.50. The number of aromatic nitrogens is 4. The number of benzene rings is 2. The smallest absolute Gasteiger partial charge is 0.345 e. The van der Waals surface area contributed by atoms with Gasteiger partial charge in [0.15, 0.2) is 0 Å². The molecule has 26 heteroatoms. The molecule has 1 amide bonds. The summed E-state index contributed by atoms with van der Waals surface area (Å²) >= 11 is 4.06. The highest BCUT2D eigenvalue weighted by atomic mass is 32.2. The molecule has 0 bridgehead atoms. The Bertz CT molecular complexity index is 2970. The van der Waals surface area contributed by atoms with Crippen molar-refractivity contribution in [3.05, 3.63) is 114 Å². The number of carboxylic acids is 1. The van der Waals surface area contributed by atoms with Gasteiger partial charge in [-0.15, -0.1) is 34.4 Å². The van der Waals surface area contributed by atoms with E-state index in [0.717, 1.165) is 26.9 Å². The van der Waals surface area contributed by atoms with Crippen LogP contribution in [0.1, 0.15) is 69.8 Å². The Kier molecular flexibility index (Phi) is 24.4. The zero-order valence-electron chi connectivity index (χ0n) is 41.6. The molecule has 0 radical (unpaired) electrons. The Morgan fingerprint density at radius 1 is 0.750 bits per heavy atom. The highest BCUT2D eigenvalue weighted by Gasteiger charge is 2.27. The van der Waals surface area contributed by atoms with E-state index in [1.165, 1.54) is 34.4 Å². The molecule has 0 aliphatic carbocycles. The van der Waals surface area contributed by atoms with Crippen molar-refractivity contribution < 1.29 is 46.1 Å². The van der Waals surface area contributed by atoms with E-state index in [-0.39, 0.29) is 48.0 Å². The number of nitrogens with one attached hydrogen (secondary N) is 3. The maximum absolute atomic E-state index is 12.6. The fraction of sp³-hybridized carbons (Fsp3) is 0.435. The van der Waals surface area contributed by atoms with Crippen LogP contribution in [0.5, 0.6) is 0 Å². The number of aryl methyl sites for hydroxylation is 2. The van der Waals surface area contributed by atoms with Gasteiger partial charge in [0, 0.05) is 62.6 Å². The summed E-state index contributed by atoms with van der Waals surface area (Å²) < 4.78 is 57.1. The molecule has 0 saturated heterocycles. The van der Waals surface area contributed by atoms with Crippen LogP contribution in [0, 0.1) is 13.8 Å². The first kappa shape index (κ1) is 60.0. The molecule has 72 heavy (non-hydrogen) atoms. The standard InChI is InChI=1S/C23H31N4O6PS2.C16H15N3O3S.C7H18NO3PS/c1-5-32-34(30,33-6-2)15-36(31)12-11-24-23(29)20-9-10-21(35-20)27(4)14-17-7-8-19-18(13-17)22(28)26-16(3)25-19;1-9-17-12-4-3-10(7-11(12)15(20)18-9)8-19(2)14-6-5-13(23-14)16(21)22;1-3-10-12(9,11-4-2)7-13-6-5-8/h7-10,13H,5-6,11-12,14-15H2,1-4H3,(H,24,29)(H,25,26,28);3-7H,8H2,1-2H3,(H,21,22)(H,17,18,20);3-8H2,1-2H3. The zero-order valence-corrected chi connectivity index (χ0v) is 46.6. The van der Waals surface area contributed by atoms with Crippen LogP contribution >= 0.6 is 49.6 Å². The average molecular weight is 1110 g/mol. The van der Waals surface area contributed by atoms with Gasteiger partial charge < -0.3 is 54.0 Å². The Morgan fingerprint density at radius 2 is 1.21 bits per heavy atom. The van der Waals surface area contributed by atoms with Gasteiger partial charge >= 0.3 is 21.2 Å². The van der Waals surface area contributed by atoms with Gasteiger partial charge in [0.1, 0.15) is 22.0 Å². The van der Waals surface area contributed by atoms with Crippen LogP contribution in [-0.2, 0) is 51.1 Å². The summed E-state index contributed by atoms with van der Waals surface area (Å²) in [6.45, 7) is 13.6. The number of aromatic amines is 2. The number of hydrogen-bond donors (Lipinski definition) is 5. The van der Waals surface area contributed by atoms with E-state index in [4.69, 9.17) is 28.9 Å². The van der Waals surface area contributed by atoms with Crippen molar-refractivity contribution in [3.8, 4) is 0 Å². The maximum Gasteiger partial charge on any atom is 0.345 e. The first-order valence-electron chi connectivity index (χ1n) is 22.8. The van der Waals surface area contributed by atoms with Gasteiger partial charge in [-0.2, -0.15) is 0 Å². The third-order valence-corrected chi connectivity index (χ3v) is 20.3. The van der Waals surface area contributed by atoms with Crippen LogP contribution in [0.15, 0.2) is 70.3 Å². The van der Waals surface area contributed by atoms with Gasteiger partial charge in [0.05, 0.1) is 68.6 Å². The number of carbonyl (C=O) groups excluding carboxylic acids is 1. The van der Waals surface area contributed by atoms with Crippen LogP contribution in [0.25, 0.3) is 21.8 Å². The average Bonchev–Trinajstić information content (AvgIpc) is 4.03. The Hall–Kier alpha value is -4.58. The minimum absolute atomic E-state index is 0.142. The quantitative estimate of drug-likeness (QED) is 0.0267. The number of thioether (sulfide) groups is 1. The monoisotopic (exact) mass is 1110 g/mol. The number of carboxylic acid groups (broad SMARTS) is 1. The number of amides is 1. The zero-order chi connectivity index (χ0) is 53.0. The van der Waals surface area contributed by atoms with E-state index in [1.54, 1.807) is 59.7 Å². The molecule has 0 spiro atoms. The molecule has 4 heterocycles. The Labute approximate surface area is 433 Å². The second-order valence-electron chi connectivity index (χ2n) is 15.5. The van der Waals surface area contributed by atoms with E-state index in [1.807, 2.05) is 66.4 Å². The van der Waals surface area contributed by atoms with Crippen LogP contribution in [-0.4, -0.2) is 117 Å². The van der Waals surface area contributed by atoms with Crippen LogP contribution in [0.2, 0.25) is 0 Å². The van der Waals surface area contributed by atoms with Gasteiger partial charge in [-0.3, -0.25) is 27.7 Å². The number of H-pyrrole nitrogens is 2. The lowest BCUT2D eigenvalue weighted by Crippen LogP contribution is -2.27. The van der Waals surface area contributed by atoms with Crippen LogP contribution < -0.4 is 32.0 Å². The number of hydrogen-bond acceptors (Lipinski definition) is 19. The molecule has 0 fully saturated rings. The summed E-state index contributed by atoms with van der Waals surface area (Å²) in [6, 6.07) is 18.1. The van der Waals surface area contributed by atoms with Crippen molar-refractivity contribution in [1.29, 1.82) is 0 Å². The van der Waals surface area contributed by atoms with E-state index < -0.39 is 32.0 Å². The first-order valence-corrected chi connectivity index (χ1v) is 30.5. The molecule has 4 aromatic heterocycles. The SMILES string of the molecule is CCOP(=O)(CS(=O)CCNC(=O)c1ccc(N(C)Cc2ccc3nc(C)[nH]c(=O)c3c2)s1)OCC.CCOP(=O)(CSCCN)OCC.Cc1nc2ccc(CN(C)c3ccc(C(=O)O)s3)cc2c(=O)[nH]1. The molecular weight excluding hydrogens is 1050 g/mol. The summed E-state index contributed by atoms with van der Waals surface area (Å²) in [6.07, 6.45) is 0. The first-order chi connectivity index (χ1) is 34.3. The summed E-state index contributed by atoms with van der Waals surface area (Å²) in [5.41, 5.74) is 8.41. The molecule has 6 rings (SSSR count). The second kappa shape index (κ2) is 29.3. The van der Waals surface area contributed by atoms with E-state index >= 15 is 0 Å². The Balaban J connectivity index is 0.000000265. The molecular formula is C46H64N8O12P2S4. The molecule has 2 aromatic carbocycles. The van der Waals surface area contributed by atoms with Crippen molar-refractivity contribution >= 4 is 104 Å². The predicted octanol–water partition coefficient (Wildman–Crippen LogP) is 8.16. The normalized spacial score (nSPS) is 11.9. The van der Waals surface area contributed by atoms with E-state index in [0.29, 0.717) is 81.6 Å². The van der Waals surface area contributed by atoms with Crippen molar-refractivity contribution in [2.45, 2.75) is 54.6 Å². The predicted molar refractivity (Wildman–Crippen MR) is 292 cm³/mol. The molecule has 0 aliphatic heterocycles. The molecule has 0 aliphatic rings. The highest BCUT2D eigenvalue weighted by molar-refractivity contribution is 8.04. The number of thiophene rings is 2. The largest absolute Gasteiger partial charge is 0.477 e. The van der Waals surface area contributed by atoms with Crippen molar-refractivity contribution in [2.75, 3.05) is 85.9 Å². The number of nitrogens with two attached hydrogens (primary N) is 1. The lowest BCUT2D eigenvalue weighted by Gasteiger charge is -2.17. The van der Waals surface area contributed by atoms with Gasteiger partial charge in [-0.1, -0.05) is 12.1 Å². The van der Waals surface area contributed by atoms with E-state index in [9.17, 15) is 32.5 Å². The van der Waals surface area contributed by atoms with Gasteiger partial charge in [-0.25, -0.2) is 14.8 Å². The second-order valence-corrected chi connectivity index (χ2v) is 25.3. The van der Waals surface area contributed by atoms with Crippen LogP contribution in [0.3, 0.4) is 0 Å². The van der Waals surface area contributed by atoms with E-state index in [2.05, 4.69) is 25.3 Å². The fourth-order valence-corrected chi connectivity index (χ4v) is 15.1. The lowest BCUT2D eigenvalue weighted by molar-refractivity contribution is 0.0701. The number of nitrogens with zero attached hydrogens (tertiary/aromatic N) is 4. The molecule has 6 aromatic rings. The molecule has 20 nitrogen and oxygen atoms in total. The van der Waals surface area contributed by atoms with Gasteiger partial charge in [0.25, 0.3) is 17.0 Å². The number of carbonyl (C=O) groups is 2.